The standard InChI is InChI=1S/C22H18FN7O2/c23-15-7-3-4-12(8-15)9-17-26-18(29-22(24)27-17)19-28-21(32-30-19)20(31)25-16-10-13-5-1-2-6-14(13)11-16/h1-8,16H,9-11H2,(H,25,31)(H2,24,26,27,29). The van der Waals surface area contributed by atoms with E-state index < -0.39 is 5.91 Å². The number of anilines is 1. The summed E-state index contributed by atoms with van der Waals surface area (Å²) in [6.45, 7) is 0. The summed E-state index contributed by atoms with van der Waals surface area (Å²) in [4.78, 5) is 29.1. The second-order valence-electron chi connectivity index (χ2n) is 7.51. The fraction of sp³-hybridized carbons (Fsp3) is 0.182. The van der Waals surface area contributed by atoms with Crippen molar-refractivity contribution in [3.63, 3.8) is 0 Å². The molecule has 9 nitrogen and oxygen atoms in total. The number of nitrogens with zero attached hydrogens (tertiary/aromatic N) is 5. The minimum Gasteiger partial charge on any atom is -0.368 e. The first kappa shape index (κ1) is 19.7. The summed E-state index contributed by atoms with van der Waals surface area (Å²) >= 11 is 0. The third-order valence-corrected chi connectivity index (χ3v) is 5.16. The highest BCUT2D eigenvalue weighted by molar-refractivity contribution is 5.90. The van der Waals surface area contributed by atoms with Crippen molar-refractivity contribution in [3.05, 3.63) is 82.8 Å². The Kier molecular flexibility index (Phi) is 5.02. The summed E-state index contributed by atoms with van der Waals surface area (Å²) < 4.78 is 18.6. The molecule has 0 aliphatic heterocycles. The van der Waals surface area contributed by atoms with Crippen LogP contribution < -0.4 is 11.1 Å². The number of rotatable bonds is 5. The molecule has 1 aliphatic rings. The molecule has 0 unspecified atom stereocenters. The van der Waals surface area contributed by atoms with Gasteiger partial charge in [0.1, 0.15) is 11.6 Å². The van der Waals surface area contributed by atoms with E-state index >= 15 is 0 Å². The van der Waals surface area contributed by atoms with Crippen molar-refractivity contribution in [3.8, 4) is 11.6 Å². The third-order valence-electron chi connectivity index (χ3n) is 5.16. The van der Waals surface area contributed by atoms with Crippen molar-refractivity contribution in [2.24, 2.45) is 0 Å². The van der Waals surface area contributed by atoms with Gasteiger partial charge in [-0.25, -0.2) is 9.37 Å². The molecular weight excluding hydrogens is 413 g/mol. The zero-order valence-electron chi connectivity index (χ0n) is 16.8. The summed E-state index contributed by atoms with van der Waals surface area (Å²) in [6.07, 6.45) is 1.73. The highest BCUT2D eigenvalue weighted by Gasteiger charge is 2.26. The molecule has 4 aromatic rings. The van der Waals surface area contributed by atoms with Crippen LogP contribution in [0, 0.1) is 5.82 Å². The van der Waals surface area contributed by atoms with Crippen LogP contribution in [0.2, 0.25) is 0 Å². The lowest BCUT2D eigenvalue weighted by Crippen LogP contribution is -2.35. The smallest absolute Gasteiger partial charge is 0.316 e. The SMILES string of the molecule is Nc1nc(Cc2cccc(F)c2)nc(-c2noc(C(=O)NC3Cc4ccccc4C3)n2)n1. The molecule has 1 aliphatic carbocycles. The number of fused-ring (bicyclic) bond motifs is 1. The summed E-state index contributed by atoms with van der Waals surface area (Å²) in [6, 6.07) is 14.1. The maximum atomic E-state index is 13.4. The summed E-state index contributed by atoms with van der Waals surface area (Å²) in [5.41, 5.74) is 8.91. The zero-order valence-corrected chi connectivity index (χ0v) is 16.8. The Morgan fingerprint density at radius 1 is 1.03 bits per heavy atom. The number of aromatic nitrogens is 5. The Bertz CT molecular complexity index is 1280. The number of hydrogen-bond acceptors (Lipinski definition) is 8. The van der Waals surface area contributed by atoms with Crippen LogP contribution >= 0.6 is 0 Å². The second-order valence-corrected chi connectivity index (χ2v) is 7.51. The lowest BCUT2D eigenvalue weighted by Gasteiger charge is -2.09. The van der Waals surface area contributed by atoms with Gasteiger partial charge >= 0.3 is 11.8 Å². The fourth-order valence-corrected chi connectivity index (χ4v) is 3.76. The molecule has 2 aromatic carbocycles. The van der Waals surface area contributed by atoms with Crippen molar-refractivity contribution in [1.82, 2.24) is 30.4 Å². The zero-order chi connectivity index (χ0) is 22.1. The van der Waals surface area contributed by atoms with Gasteiger partial charge < -0.3 is 15.6 Å². The Labute approximate surface area is 181 Å². The maximum absolute atomic E-state index is 13.4. The number of hydrogen-bond donors (Lipinski definition) is 2. The van der Waals surface area contributed by atoms with E-state index in [1.165, 1.54) is 23.3 Å². The molecule has 0 bridgehead atoms. The van der Waals surface area contributed by atoms with E-state index in [0.717, 1.165) is 12.8 Å². The van der Waals surface area contributed by atoms with Crippen LogP contribution in [0.15, 0.2) is 53.1 Å². The van der Waals surface area contributed by atoms with Gasteiger partial charge in [0.15, 0.2) is 0 Å². The second kappa shape index (κ2) is 8.14. The Hall–Kier alpha value is -4.21. The normalized spacial score (nSPS) is 13.2. The summed E-state index contributed by atoms with van der Waals surface area (Å²) in [5, 5.41) is 6.73. The number of nitrogen functional groups attached to an aromatic ring is 1. The minimum absolute atomic E-state index is 0.0134. The Balaban J connectivity index is 1.31. The van der Waals surface area contributed by atoms with E-state index in [-0.39, 0.29) is 41.8 Å². The third kappa shape index (κ3) is 4.15. The van der Waals surface area contributed by atoms with Gasteiger partial charge in [-0.2, -0.15) is 15.0 Å². The molecule has 0 saturated carbocycles. The van der Waals surface area contributed by atoms with E-state index in [9.17, 15) is 9.18 Å². The first-order valence-electron chi connectivity index (χ1n) is 10.00. The summed E-state index contributed by atoms with van der Waals surface area (Å²) in [5.74, 6) is -0.660. The Morgan fingerprint density at radius 3 is 2.56 bits per heavy atom. The summed E-state index contributed by atoms with van der Waals surface area (Å²) in [7, 11) is 0. The van der Waals surface area contributed by atoms with Crippen LogP contribution in [0.25, 0.3) is 11.6 Å². The van der Waals surface area contributed by atoms with Crippen molar-refractivity contribution in [2.45, 2.75) is 25.3 Å². The number of amides is 1. The molecular formula is C22H18FN7O2. The van der Waals surface area contributed by atoms with Gasteiger partial charge in [-0.1, -0.05) is 41.6 Å². The molecule has 1 amide bonds. The van der Waals surface area contributed by atoms with Crippen LogP contribution in [-0.2, 0) is 19.3 Å². The highest BCUT2D eigenvalue weighted by Crippen LogP contribution is 2.22. The molecule has 32 heavy (non-hydrogen) atoms. The van der Waals surface area contributed by atoms with Crippen molar-refractivity contribution in [2.75, 3.05) is 5.73 Å². The Morgan fingerprint density at radius 2 is 1.81 bits per heavy atom. The molecule has 0 radical (unpaired) electrons. The number of benzene rings is 2. The lowest BCUT2D eigenvalue weighted by molar-refractivity contribution is 0.0894. The van der Waals surface area contributed by atoms with Gasteiger partial charge in [0.25, 0.3) is 0 Å². The molecule has 10 heteroatoms. The first-order chi connectivity index (χ1) is 15.5. The molecule has 2 heterocycles. The molecule has 0 spiro atoms. The van der Waals surface area contributed by atoms with Gasteiger partial charge in [0.05, 0.1) is 0 Å². The van der Waals surface area contributed by atoms with Crippen molar-refractivity contribution >= 4 is 11.9 Å². The van der Waals surface area contributed by atoms with Crippen LogP contribution in [0.1, 0.15) is 33.2 Å². The molecule has 5 rings (SSSR count). The van der Waals surface area contributed by atoms with Gasteiger partial charge in [-0.05, 0) is 41.7 Å². The lowest BCUT2D eigenvalue weighted by atomic mass is 10.1. The van der Waals surface area contributed by atoms with E-state index in [0.29, 0.717) is 11.4 Å². The highest BCUT2D eigenvalue weighted by atomic mass is 19.1. The number of nitrogens with two attached hydrogens (primary N) is 1. The quantitative estimate of drug-likeness (QED) is 0.491. The van der Waals surface area contributed by atoms with Gasteiger partial charge in [-0.3, -0.25) is 4.79 Å². The van der Waals surface area contributed by atoms with E-state index in [1.807, 2.05) is 12.1 Å². The predicted octanol–water partition coefficient (Wildman–Crippen LogP) is 2.13. The molecule has 2 aromatic heterocycles. The van der Waals surface area contributed by atoms with Crippen LogP contribution in [0.3, 0.4) is 0 Å². The van der Waals surface area contributed by atoms with Crippen molar-refractivity contribution < 1.29 is 13.7 Å². The monoisotopic (exact) mass is 431 g/mol. The number of carbonyl (C=O) groups excluding carboxylic acids is 1. The topological polar surface area (TPSA) is 133 Å². The minimum atomic E-state index is -0.469. The molecule has 160 valence electrons. The maximum Gasteiger partial charge on any atom is 0.316 e. The van der Waals surface area contributed by atoms with Gasteiger partial charge in [0.2, 0.25) is 17.6 Å². The predicted molar refractivity (Wildman–Crippen MR) is 112 cm³/mol. The molecule has 0 fully saturated rings. The molecule has 0 saturated heterocycles. The first-order valence-corrected chi connectivity index (χ1v) is 10.00. The van der Waals surface area contributed by atoms with E-state index in [4.69, 9.17) is 10.3 Å². The van der Waals surface area contributed by atoms with Crippen molar-refractivity contribution in [1.29, 1.82) is 0 Å². The molecule has 0 atom stereocenters. The van der Waals surface area contributed by atoms with Crippen LogP contribution in [0.5, 0.6) is 0 Å². The average molecular weight is 431 g/mol. The van der Waals surface area contributed by atoms with Gasteiger partial charge in [-0.15, -0.1) is 0 Å². The van der Waals surface area contributed by atoms with Crippen LogP contribution in [0.4, 0.5) is 10.3 Å². The number of nitrogens with one attached hydrogen (secondary N) is 1. The average Bonchev–Trinajstić information content (AvgIpc) is 3.40. The molecule has 3 N–H and O–H groups in total. The van der Waals surface area contributed by atoms with E-state index in [1.54, 1.807) is 12.1 Å². The number of carbonyl (C=O) groups is 1. The van der Waals surface area contributed by atoms with Gasteiger partial charge in [0, 0.05) is 12.5 Å². The largest absolute Gasteiger partial charge is 0.368 e. The van der Waals surface area contributed by atoms with E-state index in [2.05, 4.69) is 42.5 Å². The van der Waals surface area contributed by atoms with Crippen LogP contribution in [-0.4, -0.2) is 37.0 Å². The fourth-order valence-electron chi connectivity index (χ4n) is 3.76. The number of halogens is 1.